The summed E-state index contributed by atoms with van der Waals surface area (Å²) < 4.78 is 0. The van der Waals surface area contributed by atoms with Crippen molar-refractivity contribution in [1.29, 1.82) is 0 Å². The van der Waals surface area contributed by atoms with Crippen molar-refractivity contribution in [3.63, 3.8) is 0 Å². The van der Waals surface area contributed by atoms with Gasteiger partial charge in [-0.1, -0.05) is 0 Å². The maximum atomic E-state index is 4.49. The van der Waals surface area contributed by atoms with E-state index in [4.69, 9.17) is 0 Å². The normalized spacial score (nSPS) is 35.0. The first-order valence-electron chi connectivity index (χ1n) is 4.99. The molecule has 0 aliphatic carbocycles. The largest absolute Gasteiger partial charge is 0.297 e. The number of thioether (sulfide) groups is 1. The zero-order chi connectivity index (χ0) is 9.47. The number of rotatable bonds is 0. The average molecular weight is 198 g/mol. The minimum absolute atomic E-state index is 0.327. The summed E-state index contributed by atoms with van der Waals surface area (Å²) in [6.45, 7) is 9.32. The van der Waals surface area contributed by atoms with Gasteiger partial charge in [-0.3, -0.25) is 9.89 Å². The zero-order valence-electron chi connectivity index (χ0n) is 8.66. The van der Waals surface area contributed by atoms with Crippen molar-refractivity contribution in [2.75, 3.05) is 13.1 Å². The molecule has 0 aromatic rings. The second-order valence-electron chi connectivity index (χ2n) is 4.90. The lowest BCUT2D eigenvalue weighted by Crippen LogP contribution is -2.51. The smallest absolute Gasteiger partial charge is 0.0652 e. The molecular weight excluding hydrogens is 180 g/mol. The molecule has 1 saturated heterocycles. The molecule has 2 aliphatic rings. The molecule has 2 atom stereocenters. The molecule has 1 fully saturated rings. The van der Waals surface area contributed by atoms with E-state index in [9.17, 15) is 0 Å². The summed E-state index contributed by atoms with van der Waals surface area (Å²) in [5.41, 5.74) is 2.37. The number of likely N-dealkylation sites (tertiary alicyclic amines) is 1. The Hall–Kier alpha value is -0.0200. The van der Waals surface area contributed by atoms with E-state index >= 15 is 0 Å². The van der Waals surface area contributed by atoms with Crippen molar-refractivity contribution in [2.24, 2.45) is 4.99 Å². The Bertz CT molecular complexity index is 219. The highest BCUT2D eigenvalue weighted by molar-refractivity contribution is 8.13. The molecule has 0 spiro atoms. The molecule has 0 amide bonds. The van der Waals surface area contributed by atoms with Crippen LogP contribution < -0.4 is 0 Å². The van der Waals surface area contributed by atoms with Gasteiger partial charge in [0, 0.05) is 23.9 Å². The van der Waals surface area contributed by atoms with Crippen LogP contribution in [0.1, 0.15) is 27.2 Å². The van der Waals surface area contributed by atoms with Crippen LogP contribution in [0, 0.1) is 0 Å². The SMILES string of the molecule is CC(C)(C)N1CCC2N=CSC2C1. The second kappa shape index (κ2) is 3.28. The Kier molecular flexibility index (Phi) is 2.41. The Balaban J connectivity index is 1.99. The molecule has 13 heavy (non-hydrogen) atoms. The first kappa shape index (κ1) is 9.53. The van der Waals surface area contributed by atoms with Crippen LogP contribution in [0.3, 0.4) is 0 Å². The molecule has 2 rings (SSSR count). The highest BCUT2D eigenvalue weighted by Crippen LogP contribution is 2.31. The van der Waals surface area contributed by atoms with Crippen LogP contribution >= 0.6 is 11.8 Å². The summed E-state index contributed by atoms with van der Waals surface area (Å²) in [4.78, 5) is 7.06. The molecule has 3 heteroatoms. The number of hydrogen-bond acceptors (Lipinski definition) is 3. The fraction of sp³-hybridized carbons (Fsp3) is 0.900. The molecule has 0 bridgehead atoms. The summed E-state index contributed by atoms with van der Waals surface area (Å²) in [6, 6.07) is 0.614. The molecule has 2 unspecified atom stereocenters. The number of nitrogens with zero attached hydrogens (tertiary/aromatic N) is 2. The van der Waals surface area contributed by atoms with E-state index in [0.29, 0.717) is 11.6 Å². The molecule has 2 aliphatic heterocycles. The molecule has 2 nitrogen and oxygen atoms in total. The van der Waals surface area contributed by atoms with E-state index in [1.165, 1.54) is 19.5 Å². The molecule has 0 aromatic carbocycles. The van der Waals surface area contributed by atoms with Gasteiger partial charge >= 0.3 is 0 Å². The van der Waals surface area contributed by atoms with Crippen LogP contribution in [0.2, 0.25) is 0 Å². The Morgan fingerprint density at radius 1 is 1.46 bits per heavy atom. The minimum atomic E-state index is 0.327. The van der Waals surface area contributed by atoms with Crippen LogP contribution in [0.4, 0.5) is 0 Å². The van der Waals surface area contributed by atoms with Gasteiger partial charge in [0.2, 0.25) is 0 Å². The van der Waals surface area contributed by atoms with Gasteiger partial charge < -0.3 is 0 Å². The van der Waals surface area contributed by atoms with Crippen molar-refractivity contribution >= 4 is 17.3 Å². The summed E-state index contributed by atoms with van der Waals surface area (Å²) in [7, 11) is 0. The third kappa shape index (κ3) is 1.91. The lowest BCUT2D eigenvalue weighted by Gasteiger charge is -2.42. The Morgan fingerprint density at radius 3 is 2.92 bits per heavy atom. The third-order valence-corrected chi connectivity index (χ3v) is 4.02. The first-order chi connectivity index (χ1) is 6.07. The van der Waals surface area contributed by atoms with Crippen molar-refractivity contribution in [1.82, 2.24) is 4.90 Å². The van der Waals surface area contributed by atoms with Gasteiger partial charge in [0.1, 0.15) is 0 Å². The number of aliphatic imine (C=N–C) groups is 1. The van der Waals surface area contributed by atoms with E-state index in [-0.39, 0.29) is 0 Å². The Labute approximate surface area is 84.8 Å². The fourth-order valence-electron chi connectivity index (χ4n) is 2.01. The predicted molar refractivity (Wildman–Crippen MR) is 59.6 cm³/mol. The average Bonchev–Trinajstić information content (AvgIpc) is 2.47. The van der Waals surface area contributed by atoms with Crippen LogP contribution in [-0.2, 0) is 0 Å². The second-order valence-corrected chi connectivity index (χ2v) is 5.99. The van der Waals surface area contributed by atoms with Gasteiger partial charge in [-0.15, -0.1) is 11.8 Å². The molecule has 0 radical (unpaired) electrons. The predicted octanol–water partition coefficient (Wildman–Crippen LogP) is 2.00. The van der Waals surface area contributed by atoms with Gasteiger partial charge in [0.15, 0.2) is 0 Å². The number of fused-ring (bicyclic) bond motifs is 1. The van der Waals surface area contributed by atoms with Crippen molar-refractivity contribution in [3.05, 3.63) is 0 Å². The van der Waals surface area contributed by atoms with Crippen molar-refractivity contribution < 1.29 is 0 Å². The first-order valence-corrected chi connectivity index (χ1v) is 5.94. The van der Waals surface area contributed by atoms with Crippen molar-refractivity contribution in [3.8, 4) is 0 Å². The summed E-state index contributed by atoms with van der Waals surface area (Å²) in [6.07, 6.45) is 1.24. The monoisotopic (exact) mass is 198 g/mol. The van der Waals surface area contributed by atoms with E-state index < -0.39 is 0 Å². The molecule has 2 heterocycles. The van der Waals surface area contributed by atoms with Crippen LogP contribution in [-0.4, -0.2) is 40.4 Å². The summed E-state index contributed by atoms with van der Waals surface area (Å²) >= 11 is 1.91. The molecule has 74 valence electrons. The summed E-state index contributed by atoms with van der Waals surface area (Å²) in [5.74, 6) is 0. The van der Waals surface area contributed by atoms with Crippen LogP contribution in [0.15, 0.2) is 4.99 Å². The van der Waals surface area contributed by atoms with E-state index in [1.807, 2.05) is 17.3 Å². The molecule has 0 aromatic heterocycles. The third-order valence-electron chi connectivity index (χ3n) is 2.96. The maximum Gasteiger partial charge on any atom is 0.0652 e. The van der Waals surface area contributed by atoms with Gasteiger partial charge in [0.25, 0.3) is 0 Å². The highest BCUT2D eigenvalue weighted by Gasteiger charge is 2.35. The molecule has 0 N–H and O–H groups in total. The topological polar surface area (TPSA) is 15.6 Å². The standard InChI is InChI=1S/C10H18N2S/c1-10(2,3)12-5-4-8-9(6-12)13-7-11-8/h7-9H,4-6H2,1-3H3. The number of hydrogen-bond donors (Lipinski definition) is 0. The van der Waals surface area contributed by atoms with Crippen LogP contribution in [0.5, 0.6) is 0 Å². The quantitative estimate of drug-likeness (QED) is 0.591. The molecule has 0 saturated carbocycles. The summed E-state index contributed by atoms with van der Waals surface area (Å²) in [5, 5.41) is 0.730. The van der Waals surface area contributed by atoms with E-state index in [2.05, 4.69) is 30.7 Å². The lowest BCUT2D eigenvalue weighted by atomic mass is 9.98. The van der Waals surface area contributed by atoms with E-state index in [1.54, 1.807) is 0 Å². The Morgan fingerprint density at radius 2 is 2.23 bits per heavy atom. The lowest BCUT2D eigenvalue weighted by molar-refractivity contribution is 0.108. The van der Waals surface area contributed by atoms with Gasteiger partial charge in [-0.25, -0.2) is 0 Å². The highest BCUT2D eigenvalue weighted by atomic mass is 32.2. The maximum absolute atomic E-state index is 4.49. The van der Waals surface area contributed by atoms with Crippen molar-refractivity contribution in [2.45, 2.75) is 44.0 Å². The minimum Gasteiger partial charge on any atom is -0.297 e. The van der Waals surface area contributed by atoms with Crippen LogP contribution in [0.25, 0.3) is 0 Å². The molecular formula is C10H18N2S. The number of piperidine rings is 1. The van der Waals surface area contributed by atoms with Gasteiger partial charge in [-0.05, 0) is 27.2 Å². The van der Waals surface area contributed by atoms with Gasteiger partial charge in [-0.2, -0.15) is 0 Å². The zero-order valence-corrected chi connectivity index (χ0v) is 9.47. The fourth-order valence-corrected chi connectivity index (χ4v) is 3.05. The van der Waals surface area contributed by atoms with Gasteiger partial charge in [0.05, 0.1) is 11.6 Å². The van der Waals surface area contributed by atoms with E-state index in [0.717, 1.165) is 5.25 Å².